The molecule has 0 saturated carbocycles. The largest absolute Gasteiger partial charge is 0.311 e. The van der Waals surface area contributed by atoms with Crippen LogP contribution in [0.15, 0.2) is 55.0 Å². The summed E-state index contributed by atoms with van der Waals surface area (Å²) in [6.07, 6.45) is 3.48. The third-order valence-corrected chi connectivity index (χ3v) is 4.14. The van der Waals surface area contributed by atoms with Gasteiger partial charge in [0, 0.05) is 11.1 Å². The highest BCUT2D eigenvalue weighted by Crippen LogP contribution is 2.36. The van der Waals surface area contributed by atoms with E-state index in [4.69, 9.17) is 0 Å². The van der Waals surface area contributed by atoms with Gasteiger partial charge in [0.1, 0.15) is 12.5 Å². The summed E-state index contributed by atoms with van der Waals surface area (Å²) in [5, 5.41) is 0. The maximum atomic E-state index is 13.8. The first-order chi connectivity index (χ1) is 11.1. The fourth-order valence-electron chi connectivity index (χ4n) is 2.87. The number of rotatable bonds is 1. The average Bonchev–Trinajstić information content (AvgIpc) is 3.05. The standard InChI is InChI=1S/C18H14FN3O/c1-12-6-7-13(8-15(12)19)18(23)22-11-21-10-20-9-17(21)14-4-2-3-5-16(14)22/h2-10H,11H2,1H3. The topological polar surface area (TPSA) is 38.1 Å². The van der Waals surface area contributed by atoms with Gasteiger partial charge in [-0.05, 0) is 30.7 Å². The van der Waals surface area contributed by atoms with Crippen LogP contribution in [0, 0.1) is 12.7 Å². The Hall–Kier alpha value is -2.95. The van der Waals surface area contributed by atoms with Crippen LogP contribution in [-0.2, 0) is 6.67 Å². The minimum Gasteiger partial charge on any atom is -0.311 e. The molecule has 23 heavy (non-hydrogen) atoms. The van der Waals surface area contributed by atoms with Crippen LogP contribution in [0.1, 0.15) is 15.9 Å². The summed E-state index contributed by atoms with van der Waals surface area (Å²) in [7, 11) is 0. The molecule has 5 heteroatoms. The van der Waals surface area contributed by atoms with E-state index >= 15 is 0 Å². The Kier molecular flexibility index (Phi) is 3.01. The molecule has 0 spiro atoms. The van der Waals surface area contributed by atoms with Crippen LogP contribution in [0.5, 0.6) is 0 Å². The fourth-order valence-corrected chi connectivity index (χ4v) is 2.87. The van der Waals surface area contributed by atoms with E-state index in [0.29, 0.717) is 17.8 Å². The lowest BCUT2D eigenvalue weighted by Crippen LogP contribution is -2.35. The van der Waals surface area contributed by atoms with Crippen LogP contribution < -0.4 is 4.90 Å². The first kappa shape index (κ1) is 13.7. The Morgan fingerprint density at radius 1 is 1.22 bits per heavy atom. The molecule has 0 unspecified atom stereocenters. The van der Waals surface area contributed by atoms with Gasteiger partial charge in [0.05, 0.1) is 23.9 Å². The molecule has 114 valence electrons. The van der Waals surface area contributed by atoms with E-state index in [9.17, 15) is 9.18 Å². The second-order valence-corrected chi connectivity index (χ2v) is 5.60. The number of amides is 1. The predicted octanol–water partition coefficient (Wildman–Crippen LogP) is 3.62. The predicted molar refractivity (Wildman–Crippen MR) is 85.6 cm³/mol. The first-order valence-corrected chi connectivity index (χ1v) is 7.33. The maximum absolute atomic E-state index is 13.8. The highest BCUT2D eigenvalue weighted by Gasteiger charge is 2.27. The Morgan fingerprint density at radius 3 is 2.87 bits per heavy atom. The number of carbonyl (C=O) groups is 1. The third-order valence-electron chi connectivity index (χ3n) is 4.14. The first-order valence-electron chi connectivity index (χ1n) is 7.33. The molecule has 3 aromatic rings. The molecular weight excluding hydrogens is 293 g/mol. The summed E-state index contributed by atoms with van der Waals surface area (Å²) in [5.41, 5.74) is 3.59. The molecule has 0 aliphatic carbocycles. The maximum Gasteiger partial charge on any atom is 0.259 e. The molecule has 0 fully saturated rings. The van der Waals surface area contributed by atoms with Crippen molar-refractivity contribution in [3.05, 3.63) is 71.9 Å². The molecule has 4 nitrogen and oxygen atoms in total. The van der Waals surface area contributed by atoms with Crippen molar-refractivity contribution >= 4 is 11.6 Å². The van der Waals surface area contributed by atoms with Crippen molar-refractivity contribution in [1.82, 2.24) is 9.55 Å². The fraction of sp³-hybridized carbons (Fsp3) is 0.111. The zero-order valence-electron chi connectivity index (χ0n) is 12.5. The van der Waals surface area contributed by atoms with E-state index in [1.807, 2.05) is 28.8 Å². The summed E-state index contributed by atoms with van der Waals surface area (Å²) >= 11 is 0. The Balaban J connectivity index is 1.80. The molecule has 0 saturated heterocycles. The molecule has 2 heterocycles. The molecular formula is C18H14FN3O. The van der Waals surface area contributed by atoms with E-state index in [1.165, 1.54) is 6.07 Å². The van der Waals surface area contributed by atoms with Gasteiger partial charge in [-0.1, -0.05) is 24.3 Å². The second-order valence-electron chi connectivity index (χ2n) is 5.60. The van der Waals surface area contributed by atoms with Gasteiger partial charge in [0.15, 0.2) is 0 Å². The van der Waals surface area contributed by atoms with Crippen molar-refractivity contribution in [2.24, 2.45) is 0 Å². The minimum absolute atomic E-state index is 0.226. The van der Waals surface area contributed by atoms with Crippen molar-refractivity contribution in [1.29, 1.82) is 0 Å². The van der Waals surface area contributed by atoms with Crippen LogP contribution in [-0.4, -0.2) is 15.5 Å². The summed E-state index contributed by atoms with van der Waals surface area (Å²) in [6.45, 7) is 2.04. The Labute approximate surface area is 132 Å². The second kappa shape index (κ2) is 5.05. The van der Waals surface area contributed by atoms with Crippen molar-refractivity contribution in [2.75, 3.05) is 4.90 Å². The van der Waals surface area contributed by atoms with Crippen molar-refractivity contribution < 1.29 is 9.18 Å². The van der Waals surface area contributed by atoms with Crippen LogP contribution in [0.4, 0.5) is 10.1 Å². The quantitative estimate of drug-likeness (QED) is 0.689. The Bertz CT molecular complexity index is 916. The van der Waals surface area contributed by atoms with Crippen molar-refractivity contribution in [3.63, 3.8) is 0 Å². The number of aryl methyl sites for hydroxylation is 1. The van der Waals surface area contributed by atoms with Crippen LogP contribution in [0.2, 0.25) is 0 Å². The van der Waals surface area contributed by atoms with Gasteiger partial charge in [0.25, 0.3) is 5.91 Å². The molecule has 0 N–H and O–H groups in total. The van der Waals surface area contributed by atoms with E-state index < -0.39 is 0 Å². The summed E-state index contributed by atoms with van der Waals surface area (Å²) in [4.78, 5) is 18.7. The lowest BCUT2D eigenvalue weighted by atomic mass is 10.1. The molecule has 0 atom stereocenters. The molecule has 1 amide bonds. The SMILES string of the molecule is Cc1ccc(C(=O)N2Cn3cncc3-c3ccccc32)cc1F. The third kappa shape index (κ3) is 2.12. The average molecular weight is 307 g/mol. The minimum atomic E-state index is -0.371. The highest BCUT2D eigenvalue weighted by atomic mass is 19.1. The number of anilines is 1. The number of carbonyl (C=O) groups excluding carboxylic acids is 1. The highest BCUT2D eigenvalue weighted by molar-refractivity contribution is 6.08. The lowest BCUT2D eigenvalue weighted by Gasteiger charge is -2.30. The number of nitrogens with zero attached hydrogens (tertiary/aromatic N) is 3. The zero-order valence-corrected chi connectivity index (χ0v) is 12.5. The van der Waals surface area contributed by atoms with E-state index in [0.717, 1.165) is 16.9 Å². The number of benzene rings is 2. The molecule has 1 aliphatic heterocycles. The van der Waals surface area contributed by atoms with E-state index in [1.54, 1.807) is 36.5 Å². The molecule has 1 aromatic heterocycles. The molecule has 2 aromatic carbocycles. The van der Waals surface area contributed by atoms with E-state index in [-0.39, 0.29) is 11.7 Å². The number of hydrogen-bond donors (Lipinski definition) is 0. The van der Waals surface area contributed by atoms with Gasteiger partial charge in [-0.2, -0.15) is 0 Å². The van der Waals surface area contributed by atoms with E-state index in [2.05, 4.69) is 4.98 Å². The van der Waals surface area contributed by atoms with Gasteiger partial charge in [-0.25, -0.2) is 9.37 Å². The molecule has 4 rings (SSSR count). The van der Waals surface area contributed by atoms with Gasteiger partial charge >= 0.3 is 0 Å². The summed E-state index contributed by atoms with van der Waals surface area (Å²) < 4.78 is 15.7. The molecule has 0 bridgehead atoms. The normalized spacial score (nSPS) is 12.7. The van der Waals surface area contributed by atoms with Crippen LogP contribution in [0.25, 0.3) is 11.3 Å². The monoisotopic (exact) mass is 307 g/mol. The number of para-hydroxylation sites is 1. The van der Waals surface area contributed by atoms with Crippen LogP contribution >= 0.6 is 0 Å². The molecule has 0 radical (unpaired) electrons. The van der Waals surface area contributed by atoms with Crippen molar-refractivity contribution in [3.8, 4) is 11.3 Å². The molecule has 1 aliphatic rings. The number of halogens is 1. The van der Waals surface area contributed by atoms with Gasteiger partial charge in [0.2, 0.25) is 0 Å². The number of fused-ring (bicyclic) bond motifs is 3. The number of aromatic nitrogens is 2. The number of imidazole rings is 1. The van der Waals surface area contributed by atoms with Gasteiger partial charge < -0.3 is 4.57 Å². The lowest BCUT2D eigenvalue weighted by molar-refractivity contribution is 0.0978. The van der Waals surface area contributed by atoms with Gasteiger partial charge in [-0.15, -0.1) is 0 Å². The number of hydrogen-bond acceptors (Lipinski definition) is 2. The smallest absolute Gasteiger partial charge is 0.259 e. The Morgan fingerprint density at radius 2 is 2.04 bits per heavy atom. The summed E-state index contributed by atoms with van der Waals surface area (Å²) in [6, 6.07) is 12.3. The van der Waals surface area contributed by atoms with Gasteiger partial charge in [-0.3, -0.25) is 9.69 Å². The summed E-state index contributed by atoms with van der Waals surface area (Å²) in [5.74, 6) is -0.597. The van der Waals surface area contributed by atoms with Crippen molar-refractivity contribution in [2.45, 2.75) is 13.6 Å². The zero-order chi connectivity index (χ0) is 16.0. The van der Waals surface area contributed by atoms with Crippen LogP contribution in [0.3, 0.4) is 0 Å².